The Morgan fingerprint density at radius 3 is 2.71 bits per heavy atom. The van der Waals surface area contributed by atoms with Crippen molar-refractivity contribution in [1.82, 2.24) is 20.3 Å². The molecule has 128 valence electrons. The molecule has 1 amide bonds. The zero-order valence-corrected chi connectivity index (χ0v) is 13.4. The first-order valence-corrected chi connectivity index (χ1v) is 7.14. The van der Waals surface area contributed by atoms with Gasteiger partial charge in [-0.3, -0.25) is 4.79 Å². The van der Waals surface area contributed by atoms with Gasteiger partial charge in [0.1, 0.15) is 18.0 Å². The van der Waals surface area contributed by atoms with Crippen LogP contribution in [0.5, 0.6) is 11.5 Å². The summed E-state index contributed by atoms with van der Waals surface area (Å²) in [4.78, 5) is 22.6. The average Bonchev–Trinajstić information content (AvgIpc) is 3.03. The third kappa shape index (κ3) is 4.45. The smallest absolute Gasteiger partial charge is 0.358 e. The number of carboxylic acids is 1. The van der Waals surface area contributed by atoms with Crippen LogP contribution >= 0.6 is 0 Å². The number of aromatic carboxylic acids is 1. The molecule has 1 heterocycles. The molecule has 2 aromatic rings. The third-order valence-electron chi connectivity index (χ3n) is 3.27. The topological polar surface area (TPSA) is 116 Å². The molecular weight excluding hydrogens is 316 g/mol. The molecule has 2 N–H and O–H groups in total. The molecular formula is C15H18N4O5. The normalized spacial score (nSPS) is 10.2. The number of nitrogens with zero attached hydrogens (tertiary/aromatic N) is 3. The van der Waals surface area contributed by atoms with E-state index >= 15 is 0 Å². The molecule has 24 heavy (non-hydrogen) atoms. The second kappa shape index (κ2) is 7.95. The molecule has 0 radical (unpaired) electrons. The van der Waals surface area contributed by atoms with E-state index in [2.05, 4.69) is 15.6 Å². The van der Waals surface area contributed by atoms with Crippen molar-refractivity contribution in [2.24, 2.45) is 0 Å². The van der Waals surface area contributed by atoms with Gasteiger partial charge in [0.25, 0.3) is 0 Å². The van der Waals surface area contributed by atoms with Crippen molar-refractivity contribution in [2.75, 3.05) is 20.8 Å². The van der Waals surface area contributed by atoms with Crippen molar-refractivity contribution in [1.29, 1.82) is 0 Å². The fourth-order valence-corrected chi connectivity index (χ4v) is 2.09. The largest absolute Gasteiger partial charge is 0.497 e. The Hall–Kier alpha value is -3.10. The van der Waals surface area contributed by atoms with Crippen LogP contribution in [-0.4, -0.2) is 52.7 Å². The molecule has 9 heteroatoms. The number of hydrogen-bond acceptors (Lipinski definition) is 6. The summed E-state index contributed by atoms with van der Waals surface area (Å²) in [5, 5.41) is 18.5. The molecule has 1 aromatic carbocycles. The van der Waals surface area contributed by atoms with E-state index in [0.717, 1.165) is 5.56 Å². The zero-order valence-electron chi connectivity index (χ0n) is 13.4. The van der Waals surface area contributed by atoms with Gasteiger partial charge in [0, 0.05) is 6.54 Å². The molecule has 9 nitrogen and oxygen atoms in total. The second-order valence-corrected chi connectivity index (χ2v) is 4.88. The summed E-state index contributed by atoms with van der Waals surface area (Å²) < 4.78 is 11.6. The molecule has 0 aliphatic carbocycles. The van der Waals surface area contributed by atoms with Crippen molar-refractivity contribution in [3.63, 3.8) is 0 Å². The van der Waals surface area contributed by atoms with Crippen LogP contribution in [0.3, 0.4) is 0 Å². The predicted molar refractivity (Wildman–Crippen MR) is 83.2 cm³/mol. The number of carbonyl (C=O) groups is 2. The Bertz CT molecular complexity index is 728. The number of carbonyl (C=O) groups excluding carboxylic acids is 1. The maximum atomic E-state index is 11.9. The summed E-state index contributed by atoms with van der Waals surface area (Å²) in [6, 6.07) is 5.45. The standard InChI is InChI=1S/C15H18N4O5/c1-23-11-3-4-13(24-2)10(7-11)5-6-16-14(20)9-19-8-12(15(21)22)17-18-19/h3-4,7-8H,5-6,9H2,1-2H3,(H,16,20)(H,21,22). The van der Waals surface area contributed by atoms with Crippen LogP contribution < -0.4 is 14.8 Å². The highest BCUT2D eigenvalue weighted by molar-refractivity contribution is 5.84. The number of carboxylic acid groups (broad SMARTS) is 1. The SMILES string of the molecule is COc1ccc(OC)c(CCNC(=O)Cn2cc(C(=O)O)nn2)c1. The van der Waals surface area contributed by atoms with Gasteiger partial charge < -0.3 is 19.9 Å². The van der Waals surface area contributed by atoms with Crippen LogP contribution in [0.15, 0.2) is 24.4 Å². The average molecular weight is 334 g/mol. The molecule has 0 fully saturated rings. The van der Waals surface area contributed by atoms with E-state index in [9.17, 15) is 9.59 Å². The number of rotatable bonds is 8. The van der Waals surface area contributed by atoms with Gasteiger partial charge in [-0.25, -0.2) is 9.48 Å². The lowest BCUT2D eigenvalue weighted by Gasteiger charge is -2.11. The minimum Gasteiger partial charge on any atom is -0.497 e. The highest BCUT2D eigenvalue weighted by atomic mass is 16.5. The monoisotopic (exact) mass is 334 g/mol. The number of aromatic nitrogens is 3. The predicted octanol–water partition coefficient (Wildman–Crippen LogP) is 0.352. The Morgan fingerprint density at radius 2 is 2.08 bits per heavy atom. The molecule has 0 saturated carbocycles. The maximum absolute atomic E-state index is 11.9. The highest BCUT2D eigenvalue weighted by Crippen LogP contribution is 2.24. The van der Waals surface area contributed by atoms with Gasteiger partial charge in [-0.1, -0.05) is 5.21 Å². The first-order chi connectivity index (χ1) is 11.5. The van der Waals surface area contributed by atoms with Crippen LogP contribution in [0.2, 0.25) is 0 Å². The Kier molecular flexibility index (Phi) is 5.72. The van der Waals surface area contributed by atoms with Crippen LogP contribution in [0.25, 0.3) is 0 Å². The fourth-order valence-electron chi connectivity index (χ4n) is 2.09. The van der Waals surface area contributed by atoms with Crippen molar-refractivity contribution in [3.05, 3.63) is 35.7 Å². The molecule has 0 aliphatic rings. The lowest BCUT2D eigenvalue weighted by atomic mass is 10.1. The molecule has 0 aliphatic heterocycles. The lowest BCUT2D eigenvalue weighted by molar-refractivity contribution is -0.121. The van der Waals surface area contributed by atoms with Gasteiger partial charge in [-0.15, -0.1) is 5.10 Å². The molecule has 0 unspecified atom stereocenters. The maximum Gasteiger partial charge on any atom is 0.358 e. The number of nitrogens with one attached hydrogen (secondary N) is 1. The molecule has 0 bridgehead atoms. The van der Waals surface area contributed by atoms with Gasteiger partial charge >= 0.3 is 5.97 Å². The summed E-state index contributed by atoms with van der Waals surface area (Å²) >= 11 is 0. The van der Waals surface area contributed by atoms with Crippen molar-refractivity contribution in [3.8, 4) is 11.5 Å². The van der Waals surface area contributed by atoms with E-state index in [1.165, 1.54) is 10.9 Å². The molecule has 2 rings (SSSR count). The lowest BCUT2D eigenvalue weighted by Crippen LogP contribution is -2.29. The van der Waals surface area contributed by atoms with Crippen LogP contribution in [0.1, 0.15) is 16.1 Å². The van der Waals surface area contributed by atoms with Gasteiger partial charge in [0.05, 0.1) is 20.4 Å². The highest BCUT2D eigenvalue weighted by Gasteiger charge is 2.11. The van der Waals surface area contributed by atoms with E-state index in [1.54, 1.807) is 26.4 Å². The Labute approximate surface area is 138 Å². The van der Waals surface area contributed by atoms with Gasteiger partial charge in [-0.05, 0) is 30.2 Å². The van der Waals surface area contributed by atoms with Crippen molar-refractivity contribution >= 4 is 11.9 Å². The molecule has 1 aromatic heterocycles. The van der Waals surface area contributed by atoms with Crippen LogP contribution in [0.4, 0.5) is 0 Å². The third-order valence-corrected chi connectivity index (χ3v) is 3.27. The Balaban J connectivity index is 1.87. The van der Waals surface area contributed by atoms with Gasteiger partial charge in [-0.2, -0.15) is 0 Å². The summed E-state index contributed by atoms with van der Waals surface area (Å²) in [6.45, 7) is 0.290. The quantitative estimate of drug-likeness (QED) is 0.715. The number of hydrogen-bond donors (Lipinski definition) is 2. The molecule has 0 atom stereocenters. The minimum atomic E-state index is -1.19. The molecule has 0 saturated heterocycles. The number of benzene rings is 1. The van der Waals surface area contributed by atoms with E-state index in [1.807, 2.05) is 6.07 Å². The first kappa shape index (κ1) is 17.3. The summed E-state index contributed by atoms with van der Waals surface area (Å²) in [6.07, 6.45) is 1.76. The van der Waals surface area contributed by atoms with E-state index in [-0.39, 0.29) is 18.1 Å². The van der Waals surface area contributed by atoms with Gasteiger partial charge in [0.15, 0.2) is 5.69 Å². The fraction of sp³-hybridized carbons (Fsp3) is 0.333. The van der Waals surface area contributed by atoms with Crippen molar-refractivity contribution in [2.45, 2.75) is 13.0 Å². The molecule has 0 spiro atoms. The summed E-state index contributed by atoms with van der Waals surface area (Å²) in [5.74, 6) is -0.0566. The summed E-state index contributed by atoms with van der Waals surface area (Å²) in [5.41, 5.74) is 0.704. The zero-order chi connectivity index (χ0) is 17.5. The first-order valence-electron chi connectivity index (χ1n) is 7.14. The van der Waals surface area contributed by atoms with E-state index in [4.69, 9.17) is 14.6 Å². The van der Waals surface area contributed by atoms with Crippen LogP contribution in [0, 0.1) is 0 Å². The second-order valence-electron chi connectivity index (χ2n) is 4.88. The number of ether oxygens (including phenoxy) is 2. The van der Waals surface area contributed by atoms with E-state index in [0.29, 0.717) is 24.5 Å². The number of amides is 1. The minimum absolute atomic E-state index is 0.102. The number of methoxy groups -OCH3 is 2. The van der Waals surface area contributed by atoms with E-state index < -0.39 is 5.97 Å². The van der Waals surface area contributed by atoms with Gasteiger partial charge in [0.2, 0.25) is 5.91 Å². The van der Waals surface area contributed by atoms with Crippen molar-refractivity contribution < 1.29 is 24.2 Å². The van der Waals surface area contributed by atoms with Crippen LogP contribution in [-0.2, 0) is 17.8 Å². The summed E-state index contributed by atoms with van der Waals surface area (Å²) in [7, 11) is 3.16. The Morgan fingerprint density at radius 1 is 1.29 bits per heavy atom.